The van der Waals surface area contributed by atoms with Crippen LogP contribution < -0.4 is 10.2 Å². The number of rotatable bonds is 4. The summed E-state index contributed by atoms with van der Waals surface area (Å²) in [4.78, 5) is 20.2. The van der Waals surface area contributed by atoms with Gasteiger partial charge in [0.15, 0.2) is 5.13 Å². The second-order valence-corrected chi connectivity index (χ2v) is 6.80. The van der Waals surface area contributed by atoms with Crippen molar-refractivity contribution in [2.75, 3.05) is 31.2 Å². The number of nitrogens with one attached hydrogen (secondary N) is 1. The number of carbonyl (C=O) groups is 1. The molecule has 5 nitrogen and oxygen atoms in total. The fraction of sp³-hybridized carbons (Fsp3) is 0.429. The highest BCUT2D eigenvalue weighted by molar-refractivity contribution is 7.17. The molecule has 1 amide bonds. The lowest BCUT2D eigenvalue weighted by Crippen LogP contribution is -2.36. The largest absolute Gasteiger partial charge is 0.378 e. The van der Waals surface area contributed by atoms with Gasteiger partial charge >= 0.3 is 0 Å². The van der Waals surface area contributed by atoms with E-state index in [0.29, 0.717) is 6.54 Å². The number of thiazole rings is 1. The fourth-order valence-corrected chi connectivity index (χ4v) is 3.96. The molecule has 0 spiro atoms. The third-order valence-corrected chi connectivity index (χ3v) is 5.21. The monoisotopic (exact) mass is 323 g/mol. The maximum absolute atomic E-state index is 10.9. The minimum atomic E-state index is -0.00629. The predicted molar refractivity (Wildman–Crippen MR) is 86.0 cm³/mol. The zero-order valence-electron chi connectivity index (χ0n) is 11.8. The molecule has 3 rings (SSSR count). The Hall–Kier alpha value is -1.44. The van der Waals surface area contributed by atoms with Crippen molar-refractivity contribution >= 4 is 33.7 Å². The lowest BCUT2D eigenvalue weighted by atomic mass is 10.3. The van der Waals surface area contributed by atoms with Crippen molar-refractivity contribution < 1.29 is 9.53 Å². The van der Waals surface area contributed by atoms with Crippen molar-refractivity contribution in [3.63, 3.8) is 0 Å². The first-order valence-corrected chi connectivity index (χ1v) is 8.54. The number of anilines is 1. The van der Waals surface area contributed by atoms with Crippen molar-refractivity contribution in [2.24, 2.45) is 0 Å². The molecule has 7 heteroatoms. The summed E-state index contributed by atoms with van der Waals surface area (Å²) in [5, 5.41) is 5.97. The van der Waals surface area contributed by atoms with E-state index in [-0.39, 0.29) is 5.91 Å². The average Bonchev–Trinajstić information content (AvgIpc) is 3.15. The van der Waals surface area contributed by atoms with Crippen LogP contribution in [-0.2, 0) is 16.1 Å². The molecule has 1 N–H and O–H groups in total. The molecule has 1 saturated heterocycles. The van der Waals surface area contributed by atoms with E-state index >= 15 is 0 Å². The standard InChI is InChI=1S/C14H17N3O2S2/c1-10(18)15-8-11-2-3-13(21-11)12-9-20-14(16-12)17-4-6-19-7-5-17/h2-3,9H,4-8H2,1H3,(H,15,18). The molecule has 0 saturated carbocycles. The molecule has 0 aromatic carbocycles. The molecule has 2 aromatic rings. The summed E-state index contributed by atoms with van der Waals surface area (Å²) in [6, 6.07) is 4.11. The van der Waals surface area contributed by atoms with Crippen molar-refractivity contribution in [1.82, 2.24) is 10.3 Å². The van der Waals surface area contributed by atoms with E-state index in [0.717, 1.165) is 46.9 Å². The smallest absolute Gasteiger partial charge is 0.217 e. The van der Waals surface area contributed by atoms with Gasteiger partial charge in [-0.1, -0.05) is 0 Å². The maximum Gasteiger partial charge on any atom is 0.217 e. The Kier molecular flexibility index (Phi) is 4.52. The number of hydrogen-bond donors (Lipinski definition) is 1. The van der Waals surface area contributed by atoms with Crippen LogP contribution in [0.1, 0.15) is 11.8 Å². The van der Waals surface area contributed by atoms with Crippen molar-refractivity contribution in [2.45, 2.75) is 13.5 Å². The Morgan fingerprint density at radius 2 is 2.24 bits per heavy atom. The van der Waals surface area contributed by atoms with E-state index in [2.05, 4.69) is 21.7 Å². The number of carbonyl (C=O) groups excluding carboxylic acids is 1. The normalized spacial score (nSPS) is 15.2. The van der Waals surface area contributed by atoms with Crippen LogP contribution in [0.25, 0.3) is 10.6 Å². The summed E-state index contributed by atoms with van der Waals surface area (Å²) in [5.74, 6) is -0.00629. The van der Waals surface area contributed by atoms with Gasteiger partial charge in [0.2, 0.25) is 5.91 Å². The van der Waals surface area contributed by atoms with Crippen LogP contribution >= 0.6 is 22.7 Å². The Bertz CT molecular complexity index is 617. The van der Waals surface area contributed by atoms with Gasteiger partial charge in [-0.3, -0.25) is 4.79 Å². The second kappa shape index (κ2) is 6.55. The minimum absolute atomic E-state index is 0.00629. The Morgan fingerprint density at radius 1 is 1.43 bits per heavy atom. The van der Waals surface area contributed by atoms with E-state index in [1.807, 2.05) is 6.07 Å². The third kappa shape index (κ3) is 3.61. The number of hydrogen-bond acceptors (Lipinski definition) is 6. The Labute approximate surface area is 131 Å². The van der Waals surface area contributed by atoms with Gasteiger partial charge in [-0.2, -0.15) is 0 Å². The molecular formula is C14H17N3O2S2. The summed E-state index contributed by atoms with van der Waals surface area (Å²) < 4.78 is 5.36. The SMILES string of the molecule is CC(=O)NCc1ccc(-c2csc(N3CCOCC3)n2)s1. The van der Waals surface area contributed by atoms with Crippen LogP contribution in [0.5, 0.6) is 0 Å². The summed E-state index contributed by atoms with van der Waals surface area (Å²) in [6.45, 7) is 5.48. The number of ether oxygens (including phenoxy) is 1. The average molecular weight is 323 g/mol. The highest BCUT2D eigenvalue weighted by atomic mass is 32.1. The van der Waals surface area contributed by atoms with Crippen LogP contribution in [0.3, 0.4) is 0 Å². The van der Waals surface area contributed by atoms with Crippen LogP contribution in [-0.4, -0.2) is 37.2 Å². The Morgan fingerprint density at radius 3 is 3.00 bits per heavy atom. The van der Waals surface area contributed by atoms with E-state index < -0.39 is 0 Å². The molecular weight excluding hydrogens is 306 g/mol. The number of amides is 1. The van der Waals surface area contributed by atoms with Gasteiger partial charge in [-0.15, -0.1) is 22.7 Å². The lowest BCUT2D eigenvalue weighted by Gasteiger charge is -2.25. The molecule has 0 atom stereocenters. The van der Waals surface area contributed by atoms with E-state index in [1.54, 1.807) is 22.7 Å². The topological polar surface area (TPSA) is 54.5 Å². The van der Waals surface area contributed by atoms with Gasteiger partial charge < -0.3 is 15.0 Å². The number of morpholine rings is 1. The first-order valence-electron chi connectivity index (χ1n) is 6.84. The van der Waals surface area contributed by atoms with E-state index in [4.69, 9.17) is 9.72 Å². The van der Waals surface area contributed by atoms with Gasteiger partial charge in [0.05, 0.1) is 30.3 Å². The fourth-order valence-electron chi connectivity index (χ4n) is 2.10. The third-order valence-electron chi connectivity index (χ3n) is 3.20. The van der Waals surface area contributed by atoms with E-state index in [1.165, 1.54) is 6.92 Å². The predicted octanol–water partition coefficient (Wildman–Crippen LogP) is 2.34. The Balaban J connectivity index is 1.69. The van der Waals surface area contributed by atoms with Crippen LogP contribution in [0, 0.1) is 0 Å². The highest BCUT2D eigenvalue weighted by Crippen LogP contribution is 2.32. The van der Waals surface area contributed by atoms with Crippen LogP contribution in [0.4, 0.5) is 5.13 Å². The van der Waals surface area contributed by atoms with Gasteiger partial charge in [-0.25, -0.2) is 4.98 Å². The highest BCUT2D eigenvalue weighted by Gasteiger charge is 2.15. The molecule has 21 heavy (non-hydrogen) atoms. The molecule has 0 radical (unpaired) electrons. The summed E-state index contributed by atoms with van der Waals surface area (Å²) >= 11 is 3.35. The quantitative estimate of drug-likeness (QED) is 0.938. The summed E-state index contributed by atoms with van der Waals surface area (Å²) in [7, 11) is 0. The molecule has 3 heterocycles. The van der Waals surface area contributed by atoms with Crippen molar-refractivity contribution in [3.05, 3.63) is 22.4 Å². The molecule has 112 valence electrons. The second-order valence-electron chi connectivity index (χ2n) is 4.79. The number of thiophene rings is 1. The first kappa shape index (κ1) is 14.5. The van der Waals surface area contributed by atoms with Crippen LogP contribution in [0.2, 0.25) is 0 Å². The maximum atomic E-state index is 10.9. The molecule has 1 fully saturated rings. The van der Waals surface area contributed by atoms with Gasteiger partial charge in [0.1, 0.15) is 0 Å². The number of nitrogens with zero attached hydrogens (tertiary/aromatic N) is 2. The zero-order chi connectivity index (χ0) is 14.7. The summed E-state index contributed by atoms with van der Waals surface area (Å²) in [6.07, 6.45) is 0. The van der Waals surface area contributed by atoms with E-state index in [9.17, 15) is 4.79 Å². The van der Waals surface area contributed by atoms with Gasteiger partial charge in [0.25, 0.3) is 0 Å². The number of aromatic nitrogens is 1. The van der Waals surface area contributed by atoms with Gasteiger partial charge in [-0.05, 0) is 12.1 Å². The summed E-state index contributed by atoms with van der Waals surface area (Å²) in [5.41, 5.74) is 1.01. The molecule has 0 unspecified atom stereocenters. The molecule has 1 aliphatic rings. The molecule has 1 aliphatic heterocycles. The lowest BCUT2D eigenvalue weighted by molar-refractivity contribution is -0.119. The van der Waals surface area contributed by atoms with Gasteiger partial charge in [0, 0.05) is 30.3 Å². The molecule has 0 aliphatic carbocycles. The zero-order valence-corrected chi connectivity index (χ0v) is 13.4. The first-order chi connectivity index (χ1) is 10.2. The minimum Gasteiger partial charge on any atom is -0.378 e. The van der Waals surface area contributed by atoms with Crippen LogP contribution in [0.15, 0.2) is 17.5 Å². The van der Waals surface area contributed by atoms with Crippen molar-refractivity contribution in [3.8, 4) is 10.6 Å². The van der Waals surface area contributed by atoms with Crippen molar-refractivity contribution in [1.29, 1.82) is 0 Å². The molecule has 0 bridgehead atoms. The molecule has 2 aromatic heterocycles.